The Kier molecular flexibility index (Phi) is 4.06. The molecule has 0 spiro atoms. The SMILES string of the molecule is CN(Cc1ccccc1F)c1cccc(C(N)=S)n1. The Labute approximate surface area is 116 Å². The molecule has 5 heteroatoms. The Hall–Kier alpha value is -2.01. The van der Waals surface area contributed by atoms with Gasteiger partial charge in [-0.3, -0.25) is 0 Å². The molecule has 0 unspecified atom stereocenters. The topological polar surface area (TPSA) is 42.1 Å². The van der Waals surface area contributed by atoms with Crippen LogP contribution in [0.4, 0.5) is 10.2 Å². The highest BCUT2D eigenvalue weighted by Gasteiger charge is 2.08. The van der Waals surface area contributed by atoms with Crippen molar-refractivity contribution in [2.45, 2.75) is 6.54 Å². The van der Waals surface area contributed by atoms with Crippen LogP contribution >= 0.6 is 12.2 Å². The van der Waals surface area contributed by atoms with E-state index >= 15 is 0 Å². The summed E-state index contributed by atoms with van der Waals surface area (Å²) in [6.45, 7) is 0.431. The van der Waals surface area contributed by atoms with E-state index in [2.05, 4.69) is 4.98 Å². The van der Waals surface area contributed by atoms with Gasteiger partial charge in [0.15, 0.2) is 0 Å². The second-order valence-corrected chi connectivity index (χ2v) is 4.63. The maximum Gasteiger partial charge on any atom is 0.129 e. The van der Waals surface area contributed by atoms with Crippen molar-refractivity contribution in [3.05, 3.63) is 59.5 Å². The van der Waals surface area contributed by atoms with E-state index < -0.39 is 0 Å². The zero-order valence-electron chi connectivity index (χ0n) is 10.5. The van der Waals surface area contributed by atoms with E-state index in [0.717, 1.165) is 0 Å². The van der Waals surface area contributed by atoms with E-state index in [9.17, 15) is 4.39 Å². The Morgan fingerprint density at radius 3 is 2.68 bits per heavy atom. The highest BCUT2D eigenvalue weighted by molar-refractivity contribution is 7.80. The molecule has 0 aliphatic carbocycles. The van der Waals surface area contributed by atoms with Gasteiger partial charge in [0, 0.05) is 19.2 Å². The molecule has 0 bridgehead atoms. The average molecular weight is 275 g/mol. The predicted molar refractivity (Wildman–Crippen MR) is 78.6 cm³/mol. The van der Waals surface area contributed by atoms with Gasteiger partial charge in [0.2, 0.25) is 0 Å². The molecule has 1 heterocycles. The van der Waals surface area contributed by atoms with Gasteiger partial charge in [-0.05, 0) is 18.2 Å². The number of halogens is 1. The van der Waals surface area contributed by atoms with E-state index in [1.807, 2.05) is 30.1 Å². The van der Waals surface area contributed by atoms with Gasteiger partial charge in [0.1, 0.15) is 16.6 Å². The summed E-state index contributed by atoms with van der Waals surface area (Å²) in [7, 11) is 1.85. The monoisotopic (exact) mass is 275 g/mol. The van der Waals surface area contributed by atoms with Gasteiger partial charge in [0.25, 0.3) is 0 Å². The van der Waals surface area contributed by atoms with Crippen molar-refractivity contribution in [1.29, 1.82) is 0 Å². The van der Waals surface area contributed by atoms with E-state index in [1.165, 1.54) is 6.07 Å². The second-order valence-electron chi connectivity index (χ2n) is 4.19. The second kappa shape index (κ2) is 5.75. The number of nitrogens with two attached hydrogens (primary N) is 1. The van der Waals surface area contributed by atoms with Crippen LogP contribution in [0, 0.1) is 5.82 Å². The van der Waals surface area contributed by atoms with Crippen molar-refractivity contribution in [3.8, 4) is 0 Å². The predicted octanol–water partition coefficient (Wildman–Crippen LogP) is 2.49. The van der Waals surface area contributed by atoms with Crippen LogP contribution in [0.15, 0.2) is 42.5 Å². The molecule has 0 amide bonds. The first-order valence-corrected chi connectivity index (χ1v) is 6.20. The maximum atomic E-state index is 13.6. The summed E-state index contributed by atoms with van der Waals surface area (Å²) in [5.41, 5.74) is 6.73. The van der Waals surface area contributed by atoms with Crippen molar-refractivity contribution in [2.24, 2.45) is 5.73 Å². The molecule has 0 atom stereocenters. The molecule has 19 heavy (non-hydrogen) atoms. The highest BCUT2D eigenvalue weighted by Crippen LogP contribution is 2.15. The van der Waals surface area contributed by atoms with Gasteiger partial charge in [-0.15, -0.1) is 0 Å². The van der Waals surface area contributed by atoms with Crippen LogP contribution in [0.5, 0.6) is 0 Å². The molecule has 2 N–H and O–H groups in total. The third-order valence-corrected chi connectivity index (χ3v) is 2.95. The Morgan fingerprint density at radius 2 is 2.00 bits per heavy atom. The van der Waals surface area contributed by atoms with E-state index in [1.54, 1.807) is 18.2 Å². The van der Waals surface area contributed by atoms with Gasteiger partial charge >= 0.3 is 0 Å². The Balaban J connectivity index is 2.20. The summed E-state index contributed by atoms with van der Waals surface area (Å²) >= 11 is 4.90. The van der Waals surface area contributed by atoms with E-state index in [4.69, 9.17) is 18.0 Å². The average Bonchev–Trinajstić information content (AvgIpc) is 2.41. The molecule has 0 saturated carbocycles. The fourth-order valence-corrected chi connectivity index (χ4v) is 1.85. The lowest BCUT2D eigenvalue weighted by atomic mass is 10.2. The first-order valence-electron chi connectivity index (χ1n) is 5.79. The number of thiocarbonyl (C=S) groups is 1. The molecule has 0 saturated heterocycles. The number of aromatic nitrogens is 1. The van der Waals surface area contributed by atoms with Crippen molar-refractivity contribution in [1.82, 2.24) is 4.98 Å². The number of benzene rings is 1. The molecule has 2 aromatic rings. The van der Waals surface area contributed by atoms with Gasteiger partial charge in [-0.1, -0.05) is 36.5 Å². The minimum atomic E-state index is -0.222. The van der Waals surface area contributed by atoms with Crippen LogP contribution in [0.3, 0.4) is 0 Å². The van der Waals surface area contributed by atoms with E-state index in [0.29, 0.717) is 23.6 Å². The minimum Gasteiger partial charge on any atom is -0.388 e. The number of nitrogens with zero attached hydrogens (tertiary/aromatic N) is 2. The number of pyridine rings is 1. The zero-order valence-corrected chi connectivity index (χ0v) is 11.3. The lowest BCUT2D eigenvalue weighted by Crippen LogP contribution is -2.20. The summed E-state index contributed by atoms with van der Waals surface area (Å²) < 4.78 is 13.6. The lowest BCUT2D eigenvalue weighted by molar-refractivity contribution is 0.607. The van der Waals surface area contributed by atoms with Crippen molar-refractivity contribution in [2.75, 3.05) is 11.9 Å². The third kappa shape index (κ3) is 3.26. The molecular formula is C14H14FN3S. The molecule has 0 aliphatic rings. The quantitative estimate of drug-likeness (QED) is 0.871. The molecule has 1 aromatic carbocycles. The Bertz CT molecular complexity index is 601. The normalized spacial score (nSPS) is 10.2. The van der Waals surface area contributed by atoms with Crippen molar-refractivity contribution in [3.63, 3.8) is 0 Å². The summed E-state index contributed by atoms with van der Waals surface area (Å²) in [6, 6.07) is 12.1. The van der Waals surface area contributed by atoms with Crippen LogP contribution in [-0.2, 0) is 6.54 Å². The van der Waals surface area contributed by atoms with Gasteiger partial charge in [-0.25, -0.2) is 9.37 Å². The van der Waals surface area contributed by atoms with Gasteiger partial charge in [0.05, 0.1) is 5.69 Å². The molecule has 2 rings (SSSR count). The number of hydrogen-bond acceptors (Lipinski definition) is 3. The molecule has 0 aliphatic heterocycles. The fraction of sp³-hybridized carbons (Fsp3) is 0.143. The molecule has 0 radical (unpaired) electrons. The standard InChI is InChI=1S/C14H14FN3S/c1-18(9-10-5-2-3-6-11(10)15)13-8-4-7-12(17-13)14(16)19/h2-8H,9H2,1H3,(H2,16,19). The summed E-state index contributed by atoms with van der Waals surface area (Å²) in [4.78, 5) is 6.43. The fourth-order valence-electron chi connectivity index (χ4n) is 1.74. The molecular weight excluding hydrogens is 261 g/mol. The van der Waals surface area contributed by atoms with E-state index in [-0.39, 0.29) is 10.8 Å². The molecule has 0 fully saturated rings. The largest absolute Gasteiger partial charge is 0.388 e. The van der Waals surface area contributed by atoms with Crippen LogP contribution in [0.25, 0.3) is 0 Å². The van der Waals surface area contributed by atoms with Crippen LogP contribution in [-0.4, -0.2) is 17.0 Å². The van der Waals surface area contributed by atoms with Crippen LogP contribution in [0.2, 0.25) is 0 Å². The molecule has 98 valence electrons. The summed E-state index contributed by atoms with van der Waals surface area (Å²) in [5, 5.41) is 0. The number of anilines is 1. The van der Waals surface area contributed by atoms with Crippen molar-refractivity contribution >= 4 is 23.0 Å². The van der Waals surface area contributed by atoms with Gasteiger partial charge < -0.3 is 10.6 Å². The van der Waals surface area contributed by atoms with Crippen LogP contribution in [0.1, 0.15) is 11.3 Å². The minimum absolute atomic E-state index is 0.222. The maximum absolute atomic E-state index is 13.6. The summed E-state index contributed by atoms with van der Waals surface area (Å²) in [5.74, 6) is 0.480. The van der Waals surface area contributed by atoms with Gasteiger partial charge in [-0.2, -0.15) is 0 Å². The third-order valence-electron chi connectivity index (χ3n) is 2.74. The zero-order chi connectivity index (χ0) is 13.8. The lowest BCUT2D eigenvalue weighted by Gasteiger charge is -2.19. The Morgan fingerprint density at radius 1 is 1.26 bits per heavy atom. The number of hydrogen-bond donors (Lipinski definition) is 1. The number of rotatable bonds is 4. The van der Waals surface area contributed by atoms with Crippen molar-refractivity contribution < 1.29 is 4.39 Å². The first kappa shape index (κ1) is 13.4. The van der Waals surface area contributed by atoms with Crippen LogP contribution < -0.4 is 10.6 Å². The smallest absolute Gasteiger partial charge is 0.129 e. The summed E-state index contributed by atoms with van der Waals surface area (Å²) in [6.07, 6.45) is 0. The first-order chi connectivity index (χ1) is 9.08. The highest BCUT2D eigenvalue weighted by atomic mass is 32.1. The molecule has 1 aromatic heterocycles. The molecule has 3 nitrogen and oxygen atoms in total.